The maximum atomic E-state index is 12.0. The van der Waals surface area contributed by atoms with E-state index in [2.05, 4.69) is 4.72 Å². The average Bonchev–Trinajstić information content (AvgIpc) is 2.33. The Labute approximate surface area is 124 Å². The zero-order chi connectivity index (χ0) is 15.3. The third-order valence-corrected chi connectivity index (χ3v) is 4.39. The number of aliphatic carboxylic acids is 1. The topological polar surface area (TPSA) is 83.5 Å². The smallest absolute Gasteiger partial charge is 0.307 e. The van der Waals surface area contributed by atoms with E-state index in [1.807, 2.05) is 13.8 Å². The van der Waals surface area contributed by atoms with Crippen molar-refractivity contribution in [3.63, 3.8) is 0 Å². The molecule has 0 amide bonds. The van der Waals surface area contributed by atoms with Gasteiger partial charge in [0.2, 0.25) is 10.0 Å². The van der Waals surface area contributed by atoms with Gasteiger partial charge in [-0.1, -0.05) is 31.5 Å². The summed E-state index contributed by atoms with van der Waals surface area (Å²) >= 11 is 5.75. The van der Waals surface area contributed by atoms with E-state index in [1.54, 1.807) is 6.07 Å². The molecule has 1 rings (SSSR count). The average molecular weight is 320 g/mol. The van der Waals surface area contributed by atoms with E-state index in [9.17, 15) is 13.2 Å². The molecule has 0 bridgehead atoms. The molecule has 1 aromatic rings. The fourth-order valence-electron chi connectivity index (χ4n) is 1.77. The number of nitrogens with one attached hydrogen (secondary N) is 1. The first-order chi connectivity index (χ1) is 9.22. The summed E-state index contributed by atoms with van der Waals surface area (Å²) in [6.07, 6.45) is 0.410. The van der Waals surface area contributed by atoms with Crippen LogP contribution in [0.5, 0.6) is 0 Å². The van der Waals surface area contributed by atoms with Crippen LogP contribution in [0.15, 0.2) is 29.2 Å². The van der Waals surface area contributed by atoms with Crippen LogP contribution in [0.25, 0.3) is 0 Å². The Hall–Kier alpha value is -1.11. The highest BCUT2D eigenvalue weighted by atomic mass is 35.5. The summed E-state index contributed by atoms with van der Waals surface area (Å²) in [4.78, 5) is 11.1. The Kier molecular flexibility index (Phi) is 5.98. The Balaban J connectivity index is 2.78. The molecule has 0 saturated heterocycles. The van der Waals surface area contributed by atoms with E-state index in [4.69, 9.17) is 16.7 Å². The monoisotopic (exact) mass is 319 g/mol. The van der Waals surface area contributed by atoms with Gasteiger partial charge in [-0.05, 0) is 30.5 Å². The molecule has 2 N–H and O–H groups in total. The molecule has 0 heterocycles. The minimum atomic E-state index is -3.74. The molecule has 20 heavy (non-hydrogen) atoms. The molecule has 0 fully saturated rings. The van der Waals surface area contributed by atoms with Gasteiger partial charge in [-0.2, -0.15) is 0 Å². The second-order valence-electron chi connectivity index (χ2n) is 4.97. The van der Waals surface area contributed by atoms with Gasteiger partial charge in [-0.3, -0.25) is 4.79 Å². The lowest BCUT2D eigenvalue weighted by atomic mass is 9.98. The summed E-state index contributed by atoms with van der Waals surface area (Å²) in [5, 5.41) is 9.39. The number of hydrogen-bond acceptors (Lipinski definition) is 3. The van der Waals surface area contributed by atoms with Crippen LogP contribution in [-0.2, 0) is 14.8 Å². The molecule has 0 aliphatic carbocycles. The fraction of sp³-hybridized carbons (Fsp3) is 0.462. The number of carbonyl (C=O) groups is 1. The van der Waals surface area contributed by atoms with Crippen LogP contribution >= 0.6 is 11.6 Å². The van der Waals surface area contributed by atoms with Crippen molar-refractivity contribution in [2.45, 2.75) is 25.2 Å². The summed E-state index contributed by atoms with van der Waals surface area (Å²) in [6.45, 7) is 3.64. The third kappa shape index (κ3) is 5.11. The summed E-state index contributed by atoms with van der Waals surface area (Å²) < 4.78 is 26.4. The van der Waals surface area contributed by atoms with Crippen molar-refractivity contribution < 1.29 is 18.3 Å². The van der Waals surface area contributed by atoms with Crippen molar-refractivity contribution in [1.82, 2.24) is 4.72 Å². The quantitative estimate of drug-likeness (QED) is 0.808. The number of rotatable bonds is 7. The van der Waals surface area contributed by atoms with E-state index >= 15 is 0 Å². The molecule has 0 radical (unpaired) electrons. The van der Waals surface area contributed by atoms with Gasteiger partial charge in [-0.25, -0.2) is 13.1 Å². The lowest BCUT2D eigenvalue weighted by molar-refractivity contribution is -0.142. The largest absolute Gasteiger partial charge is 0.481 e. The van der Waals surface area contributed by atoms with Gasteiger partial charge in [0.25, 0.3) is 0 Å². The lowest BCUT2D eigenvalue weighted by Gasteiger charge is -2.15. The van der Waals surface area contributed by atoms with Crippen LogP contribution in [-0.4, -0.2) is 26.0 Å². The van der Waals surface area contributed by atoms with Gasteiger partial charge >= 0.3 is 5.97 Å². The Morgan fingerprint density at radius 1 is 1.40 bits per heavy atom. The maximum absolute atomic E-state index is 12.0. The maximum Gasteiger partial charge on any atom is 0.307 e. The van der Waals surface area contributed by atoms with E-state index in [-0.39, 0.29) is 17.4 Å². The predicted molar refractivity (Wildman–Crippen MR) is 77.2 cm³/mol. The third-order valence-electron chi connectivity index (χ3n) is 2.73. The molecule has 0 spiro atoms. The van der Waals surface area contributed by atoms with Crippen molar-refractivity contribution in [2.24, 2.45) is 11.8 Å². The number of benzene rings is 1. The van der Waals surface area contributed by atoms with Gasteiger partial charge in [0.05, 0.1) is 10.8 Å². The van der Waals surface area contributed by atoms with Crippen molar-refractivity contribution in [2.75, 3.05) is 6.54 Å². The van der Waals surface area contributed by atoms with Crippen LogP contribution in [0.1, 0.15) is 20.3 Å². The molecule has 1 atom stereocenters. The van der Waals surface area contributed by atoms with E-state index in [0.29, 0.717) is 11.4 Å². The molecule has 5 nitrogen and oxygen atoms in total. The normalized spacial score (nSPS) is 13.4. The second-order valence-corrected chi connectivity index (χ2v) is 7.18. The van der Waals surface area contributed by atoms with Gasteiger partial charge in [-0.15, -0.1) is 0 Å². The van der Waals surface area contributed by atoms with Crippen LogP contribution in [0.2, 0.25) is 5.02 Å². The van der Waals surface area contributed by atoms with Crippen LogP contribution in [0, 0.1) is 11.8 Å². The van der Waals surface area contributed by atoms with Crippen LogP contribution in [0.3, 0.4) is 0 Å². The van der Waals surface area contributed by atoms with Crippen molar-refractivity contribution in [1.29, 1.82) is 0 Å². The second kappa shape index (κ2) is 7.06. The zero-order valence-corrected chi connectivity index (χ0v) is 12.9. The van der Waals surface area contributed by atoms with Gasteiger partial charge in [0.1, 0.15) is 0 Å². The summed E-state index contributed by atoms with van der Waals surface area (Å²) in [7, 11) is -3.74. The van der Waals surface area contributed by atoms with Gasteiger partial charge in [0, 0.05) is 11.6 Å². The first-order valence-electron chi connectivity index (χ1n) is 6.20. The molecule has 0 saturated carbocycles. The zero-order valence-electron chi connectivity index (χ0n) is 11.3. The summed E-state index contributed by atoms with van der Waals surface area (Å²) in [5.41, 5.74) is 0. The first kappa shape index (κ1) is 16.9. The van der Waals surface area contributed by atoms with Crippen molar-refractivity contribution in [3.05, 3.63) is 29.3 Å². The van der Waals surface area contributed by atoms with E-state index < -0.39 is 21.9 Å². The van der Waals surface area contributed by atoms with E-state index in [1.165, 1.54) is 18.2 Å². The molecule has 7 heteroatoms. The SMILES string of the molecule is CC(C)CC(CNS(=O)(=O)c1cccc(Cl)c1)C(=O)O. The first-order valence-corrected chi connectivity index (χ1v) is 8.06. The number of carboxylic acid groups (broad SMARTS) is 1. The minimum absolute atomic E-state index is 0.0266. The summed E-state index contributed by atoms with van der Waals surface area (Å²) in [5.74, 6) is -1.58. The lowest BCUT2D eigenvalue weighted by Crippen LogP contribution is -2.33. The Morgan fingerprint density at radius 3 is 2.55 bits per heavy atom. The Morgan fingerprint density at radius 2 is 2.05 bits per heavy atom. The molecular weight excluding hydrogens is 302 g/mol. The predicted octanol–water partition coefficient (Wildman–Crippen LogP) is 2.37. The molecule has 0 aromatic heterocycles. The fourth-order valence-corrected chi connectivity index (χ4v) is 3.15. The number of halogens is 1. The van der Waals surface area contributed by atoms with Crippen molar-refractivity contribution in [3.8, 4) is 0 Å². The molecule has 1 unspecified atom stereocenters. The highest BCUT2D eigenvalue weighted by molar-refractivity contribution is 7.89. The summed E-state index contributed by atoms with van der Waals surface area (Å²) in [6, 6.07) is 5.83. The Bertz CT molecular complexity index is 571. The van der Waals surface area contributed by atoms with Crippen LogP contribution in [0.4, 0.5) is 0 Å². The molecule has 0 aliphatic heterocycles. The van der Waals surface area contributed by atoms with Crippen LogP contribution < -0.4 is 4.72 Å². The molecule has 112 valence electrons. The molecule has 0 aliphatic rings. The van der Waals surface area contributed by atoms with Crippen molar-refractivity contribution >= 4 is 27.6 Å². The standard InChI is InChI=1S/C13H18ClNO4S/c1-9(2)6-10(13(16)17)8-15-20(18,19)12-5-3-4-11(14)7-12/h3-5,7,9-10,15H,6,8H2,1-2H3,(H,16,17). The van der Waals surface area contributed by atoms with Gasteiger partial charge < -0.3 is 5.11 Å². The molecule has 1 aromatic carbocycles. The minimum Gasteiger partial charge on any atom is -0.481 e. The number of hydrogen-bond donors (Lipinski definition) is 2. The highest BCUT2D eigenvalue weighted by Crippen LogP contribution is 2.16. The van der Waals surface area contributed by atoms with Gasteiger partial charge in [0.15, 0.2) is 0 Å². The highest BCUT2D eigenvalue weighted by Gasteiger charge is 2.22. The number of carboxylic acids is 1. The number of sulfonamides is 1. The van der Waals surface area contributed by atoms with E-state index in [0.717, 1.165) is 0 Å². The molecular formula is C13H18ClNO4S.